The molecule has 0 spiro atoms. The van der Waals surface area contributed by atoms with E-state index in [0.717, 1.165) is 16.7 Å². The number of hydrogen-bond donors (Lipinski definition) is 0. The van der Waals surface area contributed by atoms with Gasteiger partial charge in [-0.05, 0) is 54.3 Å². The van der Waals surface area contributed by atoms with E-state index in [-0.39, 0.29) is 17.7 Å². The number of pyridine rings is 1. The van der Waals surface area contributed by atoms with E-state index in [9.17, 15) is 9.59 Å². The van der Waals surface area contributed by atoms with Crippen molar-refractivity contribution in [3.05, 3.63) is 84.2 Å². The molecule has 3 aromatic rings. The molecule has 1 aromatic heterocycles. The van der Waals surface area contributed by atoms with E-state index in [4.69, 9.17) is 4.74 Å². The van der Waals surface area contributed by atoms with Gasteiger partial charge in [0.1, 0.15) is 5.75 Å². The molecule has 1 fully saturated rings. The van der Waals surface area contributed by atoms with Crippen LogP contribution in [0.4, 0.5) is 0 Å². The molecule has 0 N–H and O–H groups in total. The van der Waals surface area contributed by atoms with E-state index >= 15 is 0 Å². The molecule has 0 aliphatic carbocycles. The van der Waals surface area contributed by atoms with Gasteiger partial charge in [0.2, 0.25) is 5.91 Å². The molecule has 0 saturated carbocycles. The molecule has 2 heterocycles. The Labute approximate surface area is 194 Å². The highest BCUT2D eigenvalue weighted by molar-refractivity contribution is 5.97. The summed E-state index contributed by atoms with van der Waals surface area (Å²) in [5, 5.41) is 0. The Hall–Kier alpha value is -3.67. The van der Waals surface area contributed by atoms with Crippen molar-refractivity contribution in [2.75, 3.05) is 33.3 Å². The Kier molecular flexibility index (Phi) is 7.03. The van der Waals surface area contributed by atoms with Crippen LogP contribution in [0.25, 0.3) is 11.1 Å². The zero-order valence-corrected chi connectivity index (χ0v) is 19.1. The number of methoxy groups -OCH3 is 1. The van der Waals surface area contributed by atoms with Crippen LogP contribution in [0.5, 0.6) is 5.75 Å². The van der Waals surface area contributed by atoms with Crippen molar-refractivity contribution in [3.8, 4) is 16.9 Å². The number of rotatable bonds is 6. The summed E-state index contributed by atoms with van der Waals surface area (Å²) in [5.41, 5.74) is 3.77. The lowest BCUT2D eigenvalue weighted by molar-refractivity contribution is -0.134. The number of carbonyl (C=O) groups excluding carboxylic acids is 2. The first-order valence-electron chi connectivity index (χ1n) is 11.3. The van der Waals surface area contributed by atoms with Gasteiger partial charge in [0.05, 0.1) is 18.6 Å². The number of nitrogens with zero attached hydrogens (tertiary/aromatic N) is 3. The van der Waals surface area contributed by atoms with Crippen LogP contribution in [-0.2, 0) is 11.2 Å². The fourth-order valence-corrected chi connectivity index (χ4v) is 4.39. The number of para-hydroxylation sites is 1. The number of carbonyl (C=O) groups is 2. The molecule has 0 radical (unpaired) electrons. The van der Waals surface area contributed by atoms with Gasteiger partial charge in [-0.15, -0.1) is 0 Å². The van der Waals surface area contributed by atoms with Crippen LogP contribution in [0.15, 0.2) is 73.1 Å². The number of hydrogen-bond acceptors (Lipinski definition) is 4. The van der Waals surface area contributed by atoms with E-state index in [1.807, 2.05) is 48.2 Å². The topological polar surface area (TPSA) is 62.7 Å². The van der Waals surface area contributed by atoms with Crippen LogP contribution < -0.4 is 4.74 Å². The minimum absolute atomic E-state index is 0.0992. The third-order valence-corrected chi connectivity index (χ3v) is 6.17. The zero-order chi connectivity index (χ0) is 23.2. The summed E-state index contributed by atoms with van der Waals surface area (Å²) in [7, 11) is 1.56. The molecule has 2 aromatic carbocycles. The summed E-state index contributed by atoms with van der Waals surface area (Å²) in [6.07, 6.45) is 4.12. The van der Waals surface area contributed by atoms with Gasteiger partial charge in [0.15, 0.2) is 0 Å². The molecule has 1 unspecified atom stereocenters. The summed E-state index contributed by atoms with van der Waals surface area (Å²) in [4.78, 5) is 34.4. The Bertz CT molecular complexity index is 1120. The third kappa shape index (κ3) is 5.06. The molecule has 6 nitrogen and oxygen atoms in total. The van der Waals surface area contributed by atoms with Crippen LogP contribution in [-0.4, -0.2) is 59.9 Å². The quantitative estimate of drug-likeness (QED) is 0.579. The van der Waals surface area contributed by atoms with Crippen molar-refractivity contribution >= 4 is 11.8 Å². The molecule has 6 heteroatoms. The molecule has 0 bridgehead atoms. The first kappa shape index (κ1) is 22.5. The molecule has 33 heavy (non-hydrogen) atoms. The minimum Gasteiger partial charge on any atom is -0.496 e. The van der Waals surface area contributed by atoms with Crippen molar-refractivity contribution in [3.63, 3.8) is 0 Å². The molecule has 1 saturated heterocycles. The maximum atomic E-state index is 13.4. The van der Waals surface area contributed by atoms with E-state index in [1.165, 1.54) is 0 Å². The van der Waals surface area contributed by atoms with Gasteiger partial charge >= 0.3 is 0 Å². The fraction of sp³-hybridized carbons (Fsp3) is 0.296. The normalized spacial score (nSPS) is 16.4. The van der Waals surface area contributed by atoms with Gasteiger partial charge in [0.25, 0.3) is 5.91 Å². The highest BCUT2D eigenvalue weighted by Crippen LogP contribution is 2.25. The highest BCUT2D eigenvalue weighted by Gasteiger charge is 2.32. The Morgan fingerprint density at radius 1 is 1.03 bits per heavy atom. The number of ether oxygens (including phenoxy) is 1. The average molecular weight is 444 g/mol. The first-order chi connectivity index (χ1) is 16.1. The number of benzene rings is 2. The highest BCUT2D eigenvalue weighted by atomic mass is 16.5. The lowest BCUT2D eigenvalue weighted by Gasteiger charge is -2.24. The molecular formula is C27H29N3O3. The lowest BCUT2D eigenvalue weighted by atomic mass is 9.95. The largest absolute Gasteiger partial charge is 0.496 e. The van der Waals surface area contributed by atoms with Gasteiger partial charge in [0, 0.05) is 38.6 Å². The Morgan fingerprint density at radius 2 is 1.82 bits per heavy atom. The van der Waals surface area contributed by atoms with Crippen LogP contribution in [0, 0.1) is 5.92 Å². The van der Waals surface area contributed by atoms with Crippen molar-refractivity contribution < 1.29 is 14.3 Å². The Morgan fingerprint density at radius 3 is 2.58 bits per heavy atom. The van der Waals surface area contributed by atoms with Gasteiger partial charge < -0.3 is 14.5 Å². The molecule has 170 valence electrons. The van der Waals surface area contributed by atoms with Gasteiger partial charge in [-0.1, -0.05) is 36.4 Å². The van der Waals surface area contributed by atoms with E-state index in [0.29, 0.717) is 43.9 Å². The summed E-state index contributed by atoms with van der Waals surface area (Å²) >= 11 is 0. The second kappa shape index (κ2) is 10.3. The van der Waals surface area contributed by atoms with Gasteiger partial charge in [-0.25, -0.2) is 0 Å². The van der Waals surface area contributed by atoms with E-state index in [2.05, 4.69) is 17.1 Å². The van der Waals surface area contributed by atoms with Crippen molar-refractivity contribution in [1.82, 2.24) is 14.8 Å². The molecule has 4 rings (SSSR count). The van der Waals surface area contributed by atoms with E-state index < -0.39 is 0 Å². The van der Waals surface area contributed by atoms with Crippen LogP contribution in [0.3, 0.4) is 0 Å². The smallest absolute Gasteiger partial charge is 0.257 e. The molecule has 1 atom stereocenters. The number of amides is 2. The lowest BCUT2D eigenvalue weighted by Crippen LogP contribution is -2.38. The minimum atomic E-state index is -0.307. The summed E-state index contributed by atoms with van der Waals surface area (Å²) < 4.78 is 5.40. The van der Waals surface area contributed by atoms with Gasteiger partial charge in [-0.2, -0.15) is 0 Å². The summed E-state index contributed by atoms with van der Waals surface area (Å²) in [6.45, 7) is 4.03. The van der Waals surface area contributed by atoms with Crippen molar-refractivity contribution in [1.29, 1.82) is 0 Å². The van der Waals surface area contributed by atoms with Gasteiger partial charge in [-0.3, -0.25) is 14.6 Å². The molecule has 2 amide bonds. The monoisotopic (exact) mass is 443 g/mol. The van der Waals surface area contributed by atoms with Crippen LogP contribution >= 0.6 is 0 Å². The molecule has 1 aliphatic heterocycles. The van der Waals surface area contributed by atoms with Crippen molar-refractivity contribution in [2.45, 2.75) is 13.3 Å². The molecular weight excluding hydrogens is 414 g/mol. The fourth-order valence-electron chi connectivity index (χ4n) is 4.39. The SMILES string of the molecule is CCN1CCN(C(=O)c2ccccc2OC)CC(Cc2cccc(-c3ccncc3)c2)C1=O. The predicted molar refractivity (Wildman–Crippen MR) is 128 cm³/mol. The van der Waals surface area contributed by atoms with Crippen LogP contribution in [0.1, 0.15) is 22.8 Å². The zero-order valence-electron chi connectivity index (χ0n) is 19.1. The second-order valence-electron chi connectivity index (χ2n) is 8.21. The van der Waals surface area contributed by atoms with Crippen molar-refractivity contribution in [2.24, 2.45) is 5.92 Å². The maximum Gasteiger partial charge on any atom is 0.257 e. The first-order valence-corrected chi connectivity index (χ1v) is 11.3. The third-order valence-electron chi connectivity index (χ3n) is 6.17. The summed E-state index contributed by atoms with van der Waals surface area (Å²) in [6, 6.07) is 19.4. The van der Waals surface area contributed by atoms with E-state index in [1.54, 1.807) is 36.5 Å². The predicted octanol–water partition coefficient (Wildman–Crippen LogP) is 3.92. The second-order valence-corrected chi connectivity index (χ2v) is 8.21. The number of aromatic nitrogens is 1. The standard InChI is InChI=1S/C27H29N3O3/c1-3-29-15-16-30(27(32)24-9-4-5-10-25(24)33-2)19-23(26(29)31)18-20-7-6-8-22(17-20)21-11-13-28-14-12-21/h4-14,17,23H,3,15-16,18-19H2,1-2H3. The summed E-state index contributed by atoms with van der Waals surface area (Å²) in [5.74, 6) is 0.238. The van der Waals surface area contributed by atoms with Crippen LogP contribution in [0.2, 0.25) is 0 Å². The number of likely N-dealkylation sites (N-methyl/N-ethyl adjacent to an activating group) is 1. The Balaban J connectivity index is 1.59. The molecule has 1 aliphatic rings. The maximum absolute atomic E-state index is 13.4. The average Bonchev–Trinajstić information content (AvgIpc) is 3.02.